The van der Waals surface area contributed by atoms with Crippen molar-refractivity contribution in [3.05, 3.63) is 46.7 Å². The first-order valence-electron chi connectivity index (χ1n) is 6.73. The van der Waals surface area contributed by atoms with Crippen LogP contribution in [-0.4, -0.2) is 18.0 Å². The summed E-state index contributed by atoms with van der Waals surface area (Å²) in [6.07, 6.45) is 2.09. The van der Waals surface area contributed by atoms with E-state index in [1.54, 1.807) is 30.3 Å². The predicted molar refractivity (Wildman–Crippen MR) is 83.9 cm³/mol. The normalized spacial score (nSPS) is 13.5. The molecule has 3 N–H and O–H groups in total. The molecule has 3 rings (SSSR count). The number of anilines is 2. The molecule has 1 heterocycles. The Morgan fingerprint density at radius 1 is 1.05 bits per heavy atom. The van der Waals surface area contributed by atoms with Gasteiger partial charge < -0.3 is 16.0 Å². The molecule has 1 aromatic heterocycles. The Morgan fingerprint density at radius 2 is 1.81 bits per heavy atom. The molecule has 0 radical (unpaired) electrons. The largest absolute Gasteiger partial charge is 0.335 e. The number of carbonyl (C=O) groups is 2. The number of carbonyl (C=O) groups excluding carboxylic acids is 2. The zero-order chi connectivity index (χ0) is 14.7. The quantitative estimate of drug-likeness (QED) is 0.811. The number of thiophene rings is 1. The van der Waals surface area contributed by atoms with Crippen LogP contribution in [0.25, 0.3) is 0 Å². The van der Waals surface area contributed by atoms with Crippen molar-refractivity contribution >= 4 is 34.6 Å². The standard InChI is InChI=1S/C15H15N3O2S/c19-14(13-5-2-8-21-13)16-11-3-1-4-12(9-11)18-15(20)17-10-6-7-10/h1-5,8-10H,6-7H2,(H,16,19)(H2,17,18,20). The highest BCUT2D eigenvalue weighted by Crippen LogP contribution is 2.20. The summed E-state index contributed by atoms with van der Waals surface area (Å²) < 4.78 is 0. The third-order valence-electron chi connectivity index (χ3n) is 3.04. The van der Waals surface area contributed by atoms with Gasteiger partial charge in [0, 0.05) is 17.4 Å². The van der Waals surface area contributed by atoms with Crippen LogP contribution in [0, 0.1) is 0 Å². The number of nitrogens with one attached hydrogen (secondary N) is 3. The molecule has 5 nitrogen and oxygen atoms in total. The number of rotatable bonds is 4. The van der Waals surface area contributed by atoms with Crippen molar-refractivity contribution in [1.82, 2.24) is 5.32 Å². The molecule has 108 valence electrons. The van der Waals surface area contributed by atoms with E-state index in [1.165, 1.54) is 11.3 Å². The zero-order valence-electron chi connectivity index (χ0n) is 11.3. The molecule has 2 aromatic rings. The lowest BCUT2D eigenvalue weighted by Crippen LogP contribution is -2.30. The molecule has 1 aliphatic rings. The van der Waals surface area contributed by atoms with Crippen LogP contribution in [0.5, 0.6) is 0 Å². The Bertz CT molecular complexity index is 651. The van der Waals surface area contributed by atoms with E-state index in [9.17, 15) is 9.59 Å². The molecule has 0 atom stereocenters. The molecule has 6 heteroatoms. The van der Waals surface area contributed by atoms with Crippen LogP contribution in [-0.2, 0) is 0 Å². The van der Waals surface area contributed by atoms with E-state index in [2.05, 4.69) is 16.0 Å². The van der Waals surface area contributed by atoms with Gasteiger partial charge >= 0.3 is 6.03 Å². The van der Waals surface area contributed by atoms with E-state index in [0.29, 0.717) is 22.3 Å². The molecule has 0 saturated heterocycles. The van der Waals surface area contributed by atoms with Crippen LogP contribution in [0.4, 0.5) is 16.2 Å². The maximum absolute atomic E-state index is 12.0. The van der Waals surface area contributed by atoms with Crippen molar-refractivity contribution in [2.45, 2.75) is 18.9 Å². The van der Waals surface area contributed by atoms with Gasteiger partial charge in [0.05, 0.1) is 4.88 Å². The Balaban J connectivity index is 1.62. The zero-order valence-corrected chi connectivity index (χ0v) is 12.1. The van der Waals surface area contributed by atoms with Gasteiger partial charge in [0.2, 0.25) is 0 Å². The van der Waals surface area contributed by atoms with Crippen LogP contribution in [0.2, 0.25) is 0 Å². The van der Waals surface area contributed by atoms with Crippen molar-refractivity contribution < 1.29 is 9.59 Å². The number of benzene rings is 1. The molecular weight excluding hydrogens is 286 g/mol. The average molecular weight is 301 g/mol. The van der Waals surface area contributed by atoms with Crippen molar-refractivity contribution in [2.24, 2.45) is 0 Å². The van der Waals surface area contributed by atoms with Crippen LogP contribution >= 0.6 is 11.3 Å². The van der Waals surface area contributed by atoms with Gasteiger partial charge in [-0.3, -0.25) is 4.79 Å². The SMILES string of the molecule is O=C(Nc1cccc(NC(=O)c2cccs2)c1)NC1CC1. The minimum absolute atomic E-state index is 0.149. The van der Waals surface area contributed by atoms with E-state index >= 15 is 0 Å². The van der Waals surface area contributed by atoms with Gasteiger partial charge in [-0.15, -0.1) is 11.3 Å². The highest BCUT2D eigenvalue weighted by molar-refractivity contribution is 7.12. The lowest BCUT2D eigenvalue weighted by Gasteiger charge is -2.09. The lowest BCUT2D eigenvalue weighted by molar-refractivity contribution is 0.103. The van der Waals surface area contributed by atoms with Crippen molar-refractivity contribution in [3.63, 3.8) is 0 Å². The smallest absolute Gasteiger partial charge is 0.319 e. The monoisotopic (exact) mass is 301 g/mol. The molecule has 0 spiro atoms. The van der Waals surface area contributed by atoms with Crippen LogP contribution < -0.4 is 16.0 Å². The van der Waals surface area contributed by atoms with Gasteiger partial charge in [0.25, 0.3) is 5.91 Å². The molecule has 1 fully saturated rings. The topological polar surface area (TPSA) is 70.2 Å². The maximum atomic E-state index is 12.0. The molecule has 0 unspecified atom stereocenters. The average Bonchev–Trinajstić information content (AvgIpc) is 3.08. The van der Waals surface area contributed by atoms with Gasteiger partial charge in [-0.2, -0.15) is 0 Å². The highest BCUT2D eigenvalue weighted by Gasteiger charge is 2.23. The Morgan fingerprint density at radius 3 is 2.48 bits per heavy atom. The Kier molecular flexibility index (Phi) is 3.87. The van der Waals surface area contributed by atoms with Gasteiger partial charge in [0.1, 0.15) is 0 Å². The minimum Gasteiger partial charge on any atom is -0.335 e. The van der Waals surface area contributed by atoms with E-state index < -0.39 is 0 Å². The highest BCUT2D eigenvalue weighted by atomic mass is 32.1. The fourth-order valence-electron chi connectivity index (χ4n) is 1.86. The first kappa shape index (κ1) is 13.6. The molecule has 0 bridgehead atoms. The minimum atomic E-state index is -0.209. The first-order chi connectivity index (χ1) is 10.2. The summed E-state index contributed by atoms with van der Waals surface area (Å²) in [5, 5.41) is 10.3. The number of hydrogen-bond donors (Lipinski definition) is 3. The van der Waals surface area contributed by atoms with Crippen molar-refractivity contribution in [2.75, 3.05) is 10.6 Å². The maximum Gasteiger partial charge on any atom is 0.319 e. The Hall–Kier alpha value is -2.34. The summed E-state index contributed by atoms with van der Waals surface area (Å²) in [4.78, 5) is 24.3. The number of hydrogen-bond acceptors (Lipinski definition) is 3. The molecule has 0 aliphatic heterocycles. The van der Waals surface area contributed by atoms with Crippen LogP contribution in [0.3, 0.4) is 0 Å². The fraction of sp³-hybridized carbons (Fsp3) is 0.200. The molecule has 21 heavy (non-hydrogen) atoms. The van der Waals surface area contributed by atoms with Gasteiger partial charge in [-0.25, -0.2) is 4.79 Å². The molecule has 1 saturated carbocycles. The first-order valence-corrected chi connectivity index (χ1v) is 7.61. The van der Waals surface area contributed by atoms with Crippen LogP contribution in [0.15, 0.2) is 41.8 Å². The summed E-state index contributed by atoms with van der Waals surface area (Å²) in [7, 11) is 0. The van der Waals surface area contributed by atoms with Crippen LogP contribution in [0.1, 0.15) is 22.5 Å². The second-order valence-corrected chi connectivity index (χ2v) is 5.83. The summed E-state index contributed by atoms with van der Waals surface area (Å²) in [5.41, 5.74) is 1.30. The lowest BCUT2D eigenvalue weighted by atomic mass is 10.2. The third kappa shape index (κ3) is 3.82. The summed E-state index contributed by atoms with van der Waals surface area (Å²) in [5.74, 6) is -0.149. The molecular formula is C15H15N3O2S. The van der Waals surface area contributed by atoms with E-state index in [-0.39, 0.29) is 11.9 Å². The summed E-state index contributed by atoms with van der Waals surface area (Å²) in [6, 6.07) is 10.8. The van der Waals surface area contributed by atoms with Crippen molar-refractivity contribution in [1.29, 1.82) is 0 Å². The molecule has 1 aromatic carbocycles. The second-order valence-electron chi connectivity index (χ2n) is 4.88. The second kappa shape index (κ2) is 5.97. The number of urea groups is 1. The third-order valence-corrected chi connectivity index (χ3v) is 3.90. The summed E-state index contributed by atoms with van der Waals surface area (Å²) >= 11 is 1.39. The number of amides is 3. The van der Waals surface area contributed by atoms with Gasteiger partial charge in [-0.1, -0.05) is 12.1 Å². The fourth-order valence-corrected chi connectivity index (χ4v) is 2.47. The van der Waals surface area contributed by atoms with Crippen molar-refractivity contribution in [3.8, 4) is 0 Å². The molecule has 1 aliphatic carbocycles. The molecule has 3 amide bonds. The van der Waals surface area contributed by atoms with E-state index in [0.717, 1.165) is 12.8 Å². The van der Waals surface area contributed by atoms with Gasteiger partial charge in [0.15, 0.2) is 0 Å². The Labute approximate surface area is 126 Å². The van der Waals surface area contributed by atoms with E-state index in [1.807, 2.05) is 11.4 Å². The van der Waals surface area contributed by atoms with Gasteiger partial charge in [-0.05, 0) is 42.5 Å². The summed E-state index contributed by atoms with van der Waals surface area (Å²) in [6.45, 7) is 0. The van der Waals surface area contributed by atoms with E-state index in [4.69, 9.17) is 0 Å². The predicted octanol–water partition coefficient (Wildman–Crippen LogP) is 3.28.